The Morgan fingerprint density at radius 3 is 2.52 bits per heavy atom. The van der Waals surface area contributed by atoms with Crippen molar-refractivity contribution >= 4 is 18.1 Å². The first-order valence-corrected chi connectivity index (χ1v) is 7.00. The highest BCUT2D eigenvalue weighted by Crippen LogP contribution is 2.36. The summed E-state index contributed by atoms with van der Waals surface area (Å²) >= 11 is 0. The Kier molecular flexibility index (Phi) is 4.54. The van der Waals surface area contributed by atoms with Crippen molar-refractivity contribution in [2.24, 2.45) is 5.73 Å². The number of nitrogens with zero attached hydrogens (tertiary/aromatic N) is 2. The first kappa shape index (κ1) is 15.8. The van der Waals surface area contributed by atoms with Crippen LogP contribution in [0.4, 0.5) is 5.69 Å². The predicted molar refractivity (Wildman–Crippen MR) is 84.5 cm³/mol. The van der Waals surface area contributed by atoms with Crippen molar-refractivity contribution in [3.63, 3.8) is 0 Å². The average Bonchev–Trinajstić information content (AvgIpc) is 2.84. The molecule has 1 aromatic carbocycles. The molecular weight excluding hydrogens is 288 g/mol. The summed E-state index contributed by atoms with van der Waals surface area (Å²) in [5, 5.41) is 7.38. The van der Waals surface area contributed by atoms with E-state index in [1.807, 2.05) is 0 Å². The van der Waals surface area contributed by atoms with Gasteiger partial charge in [-0.1, -0.05) is 23.4 Å². The summed E-state index contributed by atoms with van der Waals surface area (Å²) in [6.07, 6.45) is 3.02. The molecule has 21 heavy (non-hydrogen) atoms. The van der Waals surface area contributed by atoms with Gasteiger partial charge in [-0.2, -0.15) is 4.98 Å². The van der Waals surface area contributed by atoms with Crippen LogP contribution in [0.15, 0.2) is 22.7 Å². The molecule has 6 heteroatoms. The van der Waals surface area contributed by atoms with Crippen molar-refractivity contribution in [3.8, 4) is 0 Å². The van der Waals surface area contributed by atoms with Gasteiger partial charge in [-0.25, -0.2) is 0 Å². The zero-order valence-electron chi connectivity index (χ0n) is 12.3. The van der Waals surface area contributed by atoms with Gasteiger partial charge in [0.15, 0.2) is 5.82 Å². The second kappa shape index (κ2) is 6.03. The molecule has 1 aromatic heterocycles. The quantitative estimate of drug-likeness (QED) is 0.907. The van der Waals surface area contributed by atoms with E-state index >= 15 is 0 Å². The van der Waals surface area contributed by atoms with Crippen LogP contribution in [-0.4, -0.2) is 10.1 Å². The number of nitrogens with two attached hydrogens (primary N) is 1. The summed E-state index contributed by atoms with van der Waals surface area (Å²) in [5.41, 5.74) is 9.37. The fraction of sp³-hybridized carbons (Fsp3) is 0.467. The first-order chi connectivity index (χ1) is 9.58. The van der Waals surface area contributed by atoms with Gasteiger partial charge >= 0.3 is 0 Å². The number of hydrogen-bond donors (Lipinski definition) is 2. The lowest BCUT2D eigenvalue weighted by atomic mass is 9.77. The van der Waals surface area contributed by atoms with Crippen LogP contribution in [0.5, 0.6) is 0 Å². The first-order valence-electron chi connectivity index (χ1n) is 7.00. The zero-order chi connectivity index (χ0) is 14.2. The second-order valence-electron chi connectivity index (χ2n) is 5.64. The third kappa shape index (κ3) is 3.04. The number of nitrogens with one attached hydrogen (secondary N) is 1. The smallest absolute Gasteiger partial charge is 0.246 e. The largest absolute Gasteiger partial charge is 0.376 e. The highest BCUT2D eigenvalue weighted by molar-refractivity contribution is 5.85. The van der Waals surface area contributed by atoms with Crippen LogP contribution in [0.25, 0.3) is 0 Å². The minimum Gasteiger partial charge on any atom is -0.376 e. The van der Waals surface area contributed by atoms with Crippen molar-refractivity contribution < 1.29 is 4.52 Å². The van der Waals surface area contributed by atoms with Gasteiger partial charge in [0.25, 0.3) is 0 Å². The van der Waals surface area contributed by atoms with Crippen molar-refractivity contribution in [1.29, 1.82) is 0 Å². The number of rotatable bonds is 4. The molecule has 5 nitrogen and oxygen atoms in total. The lowest BCUT2D eigenvalue weighted by Gasteiger charge is -2.34. The van der Waals surface area contributed by atoms with Crippen LogP contribution < -0.4 is 11.1 Å². The van der Waals surface area contributed by atoms with E-state index in [4.69, 9.17) is 10.3 Å². The van der Waals surface area contributed by atoms with Gasteiger partial charge in [-0.05, 0) is 44.2 Å². The van der Waals surface area contributed by atoms with Gasteiger partial charge in [0.1, 0.15) is 0 Å². The number of aryl methyl sites for hydroxylation is 2. The molecule has 0 unspecified atom stereocenters. The molecule has 0 spiro atoms. The lowest BCUT2D eigenvalue weighted by molar-refractivity contribution is 0.229. The van der Waals surface area contributed by atoms with Crippen LogP contribution in [0, 0.1) is 13.8 Å². The van der Waals surface area contributed by atoms with E-state index in [9.17, 15) is 0 Å². The van der Waals surface area contributed by atoms with E-state index < -0.39 is 0 Å². The summed E-state index contributed by atoms with van der Waals surface area (Å²) in [7, 11) is 0. The van der Waals surface area contributed by atoms with Crippen LogP contribution in [0.1, 0.15) is 42.1 Å². The summed E-state index contributed by atoms with van der Waals surface area (Å²) in [4.78, 5) is 4.41. The third-order valence-corrected chi connectivity index (χ3v) is 4.06. The molecule has 0 saturated heterocycles. The van der Waals surface area contributed by atoms with Crippen LogP contribution in [-0.2, 0) is 12.1 Å². The Labute approximate surface area is 130 Å². The average molecular weight is 309 g/mol. The zero-order valence-corrected chi connectivity index (χ0v) is 13.2. The van der Waals surface area contributed by atoms with E-state index in [2.05, 4.69) is 47.5 Å². The maximum atomic E-state index is 6.19. The summed E-state index contributed by atoms with van der Waals surface area (Å²) in [6.45, 7) is 4.68. The maximum absolute atomic E-state index is 6.19. The predicted octanol–water partition coefficient (Wildman–Crippen LogP) is 3.06. The summed E-state index contributed by atoms with van der Waals surface area (Å²) in [5.74, 6) is 1.22. The molecule has 3 rings (SSSR count). The van der Waals surface area contributed by atoms with Crippen LogP contribution >= 0.6 is 12.4 Å². The highest BCUT2D eigenvalue weighted by atomic mass is 35.5. The van der Waals surface area contributed by atoms with Gasteiger partial charge in [0.05, 0.1) is 12.1 Å². The molecule has 0 amide bonds. The molecule has 2 aromatic rings. The monoisotopic (exact) mass is 308 g/mol. The topological polar surface area (TPSA) is 77.0 Å². The number of anilines is 1. The number of benzene rings is 1. The van der Waals surface area contributed by atoms with Gasteiger partial charge < -0.3 is 15.6 Å². The Hall–Kier alpha value is -1.59. The molecule has 0 aliphatic heterocycles. The van der Waals surface area contributed by atoms with Gasteiger partial charge in [0, 0.05) is 5.69 Å². The number of para-hydroxylation sites is 1. The summed E-state index contributed by atoms with van der Waals surface area (Å²) < 4.78 is 5.28. The minimum absolute atomic E-state index is 0. The molecule has 1 saturated carbocycles. The fourth-order valence-corrected chi connectivity index (χ4v) is 2.57. The minimum atomic E-state index is -0.361. The fourth-order valence-electron chi connectivity index (χ4n) is 2.57. The molecule has 1 aliphatic carbocycles. The second-order valence-corrected chi connectivity index (χ2v) is 5.64. The molecule has 0 atom stereocenters. The van der Waals surface area contributed by atoms with Crippen LogP contribution in [0.2, 0.25) is 0 Å². The summed E-state index contributed by atoms with van der Waals surface area (Å²) in [6, 6.07) is 6.21. The van der Waals surface area contributed by atoms with Crippen molar-refractivity contribution in [1.82, 2.24) is 10.1 Å². The Bertz CT molecular complexity index is 602. The molecule has 114 valence electrons. The number of halogens is 1. The Morgan fingerprint density at radius 1 is 1.29 bits per heavy atom. The molecule has 0 bridgehead atoms. The maximum Gasteiger partial charge on any atom is 0.246 e. The van der Waals surface area contributed by atoms with Crippen LogP contribution in [0.3, 0.4) is 0 Å². The molecule has 0 radical (unpaired) electrons. The Morgan fingerprint density at radius 2 is 1.95 bits per heavy atom. The van der Waals surface area contributed by atoms with Gasteiger partial charge in [0.2, 0.25) is 5.89 Å². The van der Waals surface area contributed by atoms with E-state index in [1.54, 1.807) is 0 Å². The van der Waals surface area contributed by atoms with E-state index in [-0.39, 0.29) is 17.9 Å². The number of hydrogen-bond acceptors (Lipinski definition) is 5. The molecular formula is C15H21ClN4O. The number of aromatic nitrogens is 2. The Balaban J connectivity index is 0.00000161. The molecule has 1 fully saturated rings. The van der Waals surface area contributed by atoms with Gasteiger partial charge in [-0.15, -0.1) is 12.4 Å². The lowest BCUT2D eigenvalue weighted by Crippen LogP contribution is -2.44. The normalized spacial score (nSPS) is 16.0. The van der Waals surface area contributed by atoms with Crippen molar-refractivity contribution in [2.45, 2.75) is 45.2 Å². The molecule has 1 heterocycles. The third-order valence-electron chi connectivity index (χ3n) is 4.06. The van der Waals surface area contributed by atoms with Gasteiger partial charge in [-0.3, -0.25) is 0 Å². The van der Waals surface area contributed by atoms with E-state index in [0.29, 0.717) is 18.3 Å². The van der Waals surface area contributed by atoms with Crippen molar-refractivity contribution in [2.75, 3.05) is 5.32 Å². The standard InChI is InChI=1S/C15H20N4O.ClH/c1-10-5-3-6-11(2)13(10)17-9-12-18-14(19-20-12)15(16)7-4-8-15;/h3,5-6,17H,4,7-9,16H2,1-2H3;1H. The SMILES string of the molecule is Cc1cccc(C)c1NCc1nc(C2(N)CCC2)no1.Cl. The molecule has 1 aliphatic rings. The van der Waals surface area contributed by atoms with E-state index in [0.717, 1.165) is 24.9 Å². The highest BCUT2D eigenvalue weighted by Gasteiger charge is 2.38. The van der Waals surface area contributed by atoms with E-state index in [1.165, 1.54) is 11.1 Å². The molecule has 3 N–H and O–H groups in total. The van der Waals surface area contributed by atoms with Crippen molar-refractivity contribution in [3.05, 3.63) is 41.0 Å².